The lowest BCUT2D eigenvalue weighted by Gasteiger charge is -2.19. The quantitative estimate of drug-likeness (QED) is 0.769. The number of hydrogen-bond donors (Lipinski definition) is 0. The smallest absolute Gasteiger partial charge is 0.163 e. The van der Waals surface area contributed by atoms with Gasteiger partial charge in [-0.15, -0.1) is 0 Å². The van der Waals surface area contributed by atoms with Gasteiger partial charge in [-0.3, -0.25) is 9.78 Å². The lowest BCUT2D eigenvalue weighted by atomic mass is 10.1. The Hall–Kier alpha value is -2.23. The number of hydrogen-bond acceptors (Lipinski definition) is 4. The first-order valence-electron chi connectivity index (χ1n) is 6.25. The molecular formula is C15H17N3O. The van der Waals surface area contributed by atoms with Crippen LogP contribution in [0.1, 0.15) is 23.0 Å². The van der Waals surface area contributed by atoms with E-state index in [0.29, 0.717) is 5.56 Å². The van der Waals surface area contributed by atoms with Gasteiger partial charge >= 0.3 is 0 Å². The highest BCUT2D eigenvalue weighted by molar-refractivity contribution is 5.98. The predicted molar refractivity (Wildman–Crippen MR) is 75.5 cm³/mol. The number of likely N-dealkylation sites (N-methyl/N-ethyl adjacent to an activating group) is 1. The molecule has 0 unspecified atom stereocenters. The SMILES string of the molecule is CC(=O)c1cccnc1N(C)CCc1ccccn1. The fraction of sp³-hybridized carbons (Fsp3) is 0.267. The molecule has 4 nitrogen and oxygen atoms in total. The Morgan fingerprint density at radius 1 is 1.16 bits per heavy atom. The molecule has 0 N–H and O–H groups in total. The summed E-state index contributed by atoms with van der Waals surface area (Å²) >= 11 is 0. The van der Waals surface area contributed by atoms with Crippen molar-refractivity contribution in [2.45, 2.75) is 13.3 Å². The topological polar surface area (TPSA) is 46.1 Å². The molecule has 0 saturated heterocycles. The van der Waals surface area contributed by atoms with Crippen molar-refractivity contribution in [2.75, 3.05) is 18.5 Å². The Kier molecular flexibility index (Phi) is 4.23. The van der Waals surface area contributed by atoms with Crippen molar-refractivity contribution in [3.05, 3.63) is 54.0 Å². The summed E-state index contributed by atoms with van der Waals surface area (Å²) in [4.78, 5) is 22.1. The lowest BCUT2D eigenvalue weighted by Crippen LogP contribution is -2.23. The van der Waals surface area contributed by atoms with Gasteiger partial charge in [0.05, 0.1) is 5.56 Å². The van der Waals surface area contributed by atoms with Gasteiger partial charge in [0, 0.05) is 38.1 Å². The van der Waals surface area contributed by atoms with Gasteiger partial charge in [0.15, 0.2) is 5.78 Å². The minimum Gasteiger partial charge on any atom is -0.359 e. The zero-order valence-corrected chi connectivity index (χ0v) is 11.2. The molecule has 19 heavy (non-hydrogen) atoms. The van der Waals surface area contributed by atoms with Gasteiger partial charge < -0.3 is 4.90 Å². The molecule has 0 fully saturated rings. The number of aromatic nitrogens is 2. The molecule has 2 aromatic heterocycles. The van der Waals surface area contributed by atoms with Crippen molar-refractivity contribution >= 4 is 11.6 Å². The first-order valence-corrected chi connectivity index (χ1v) is 6.25. The van der Waals surface area contributed by atoms with Crippen LogP contribution in [0.3, 0.4) is 0 Å². The first-order chi connectivity index (χ1) is 9.18. The summed E-state index contributed by atoms with van der Waals surface area (Å²) in [5.41, 5.74) is 1.70. The van der Waals surface area contributed by atoms with Crippen LogP contribution in [0, 0.1) is 0 Å². The van der Waals surface area contributed by atoms with E-state index < -0.39 is 0 Å². The van der Waals surface area contributed by atoms with Crippen molar-refractivity contribution in [1.29, 1.82) is 0 Å². The highest BCUT2D eigenvalue weighted by Crippen LogP contribution is 2.16. The third-order valence-electron chi connectivity index (χ3n) is 2.96. The minimum absolute atomic E-state index is 0.0350. The van der Waals surface area contributed by atoms with Crippen LogP contribution in [-0.4, -0.2) is 29.3 Å². The largest absolute Gasteiger partial charge is 0.359 e. The van der Waals surface area contributed by atoms with E-state index in [-0.39, 0.29) is 5.78 Å². The molecule has 0 aliphatic rings. The van der Waals surface area contributed by atoms with E-state index in [1.54, 1.807) is 25.4 Å². The van der Waals surface area contributed by atoms with E-state index in [1.807, 2.05) is 36.2 Å². The van der Waals surface area contributed by atoms with Gasteiger partial charge in [0.25, 0.3) is 0 Å². The number of nitrogens with zero attached hydrogens (tertiary/aromatic N) is 3. The molecule has 4 heteroatoms. The van der Waals surface area contributed by atoms with Gasteiger partial charge in [-0.25, -0.2) is 4.98 Å². The van der Waals surface area contributed by atoms with Gasteiger partial charge in [-0.05, 0) is 31.2 Å². The molecule has 0 aliphatic heterocycles. The Balaban J connectivity index is 2.08. The predicted octanol–water partition coefficient (Wildman–Crippen LogP) is 2.36. The number of Topliss-reactive ketones (excluding diaryl/α,β-unsaturated/α-hetero) is 1. The molecule has 0 atom stereocenters. The second-order valence-corrected chi connectivity index (χ2v) is 4.42. The van der Waals surface area contributed by atoms with Crippen molar-refractivity contribution in [3.8, 4) is 0 Å². The summed E-state index contributed by atoms with van der Waals surface area (Å²) in [7, 11) is 1.94. The van der Waals surface area contributed by atoms with Crippen molar-refractivity contribution in [2.24, 2.45) is 0 Å². The Morgan fingerprint density at radius 2 is 1.95 bits per heavy atom. The molecule has 98 valence electrons. The molecule has 0 saturated carbocycles. The standard InChI is InChI=1S/C15H17N3O/c1-12(19)14-7-5-10-17-15(14)18(2)11-8-13-6-3-4-9-16-13/h3-7,9-10H,8,11H2,1-2H3. The third kappa shape index (κ3) is 3.37. The molecule has 2 aromatic rings. The number of anilines is 1. The summed E-state index contributed by atoms with van der Waals surface area (Å²) in [5.74, 6) is 0.763. The molecular weight excluding hydrogens is 238 g/mol. The summed E-state index contributed by atoms with van der Waals surface area (Å²) in [6, 6.07) is 9.47. The van der Waals surface area contributed by atoms with E-state index >= 15 is 0 Å². The zero-order valence-electron chi connectivity index (χ0n) is 11.2. The van der Waals surface area contributed by atoms with Gasteiger partial charge in [0.2, 0.25) is 0 Å². The first kappa shape index (κ1) is 13.2. The number of carbonyl (C=O) groups excluding carboxylic acids is 1. The molecule has 2 rings (SSSR count). The van der Waals surface area contributed by atoms with Crippen LogP contribution in [0.2, 0.25) is 0 Å². The second kappa shape index (κ2) is 6.09. The molecule has 0 aromatic carbocycles. The van der Waals surface area contributed by atoms with Gasteiger partial charge in [-0.1, -0.05) is 6.07 Å². The van der Waals surface area contributed by atoms with Crippen LogP contribution in [0.25, 0.3) is 0 Å². The van der Waals surface area contributed by atoms with E-state index in [1.165, 1.54) is 0 Å². The third-order valence-corrected chi connectivity index (χ3v) is 2.96. The number of rotatable bonds is 5. The van der Waals surface area contributed by atoms with Crippen LogP contribution in [0.5, 0.6) is 0 Å². The summed E-state index contributed by atoms with van der Waals surface area (Å²) < 4.78 is 0. The second-order valence-electron chi connectivity index (χ2n) is 4.42. The molecule has 0 amide bonds. The van der Waals surface area contributed by atoms with Crippen molar-refractivity contribution in [1.82, 2.24) is 9.97 Å². The fourth-order valence-corrected chi connectivity index (χ4v) is 1.91. The monoisotopic (exact) mass is 255 g/mol. The Bertz CT molecular complexity index is 554. The van der Waals surface area contributed by atoms with E-state index in [9.17, 15) is 4.79 Å². The van der Waals surface area contributed by atoms with Crippen molar-refractivity contribution < 1.29 is 4.79 Å². The Labute approximate surface area is 113 Å². The molecule has 0 aliphatic carbocycles. The zero-order chi connectivity index (χ0) is 13.7. The number of carbonyl (C=O) groups is 1. The average Bonchev–Trinajstić information content (AvgIpc) is 2.46. The minimum atomic E-state index is 0.0350. The summed E-state index contributed by atoms with van der Waals surface area (Å²) in [6.07, 6.45) is 4.32. The van der Waals surface area contributed by atoms with Crippen LogP contribution in [0.15, 0.2) is 42.7 Å². The highest BCUT2D eigenvalue weighted by atomic mass is 16.1. The number of pyridine rings is 2. The van der Waals surface area contributed by atoms with E-state index in [4.69, 9.17) is 0 Å². The molecule has 0 spiro atoms. The van der Waals surface area contributed by atoms with Crippen LogP contribution in [0.4, 0.5) is 5.82 Å². The van der Waals surface area contributed by atoms with Gasteiger partial charge in [0.1, 0.15) is 5.82 Å². The van der Waals surface area contributed by atoms with Crippen LogP contribution >= 0.6 is 0 Å². The van der Waals surface area contributed by atoms with E-state index in [0.717, 1.165) is 24.5 Å². The fourth-order valence-electron chi connectivity index (χ4n) is 1.91. The maximum Gasteiger partial charge on any atom is 0.163 e. The molecule has 0 bridgehead atoms. The average molecular weight is 255 g/mol. The normalized spacial score (nSPS) is 10.2. The van der Waals surface area contributed by atoms with Crippen LogP contribution < -0.4 is 4.90 Å². The maximum absolute atomic E-state index is 11.6. The maximum atomic E-state index is 11.6. The lowest BCUT2D eigenvalue weighted by molar-refractivity contribution is 0.101. The highest BCUT2D eigenvalue weighted by Gasteiger charge is 2.11. The Morgan fingerprint density at radius 3 is 2.63 bits per heavy atom. The molecule has 2 heterocycles. The van der Waals surface area contributed by atoms with E-state index in [2.05, 4.69) is 9.97 Å². The summed E-state index contributed by atoms with van der Waals surface area (Å²) in [6.45, 7) is 2.33. The molecule has 0 radical (unpaired) electrons. The number of ketones is 1. The van der Waals surface area contributed by atoms with Crippen LogP contribution in [-0.2, 0) is 6.42 Å². The van der Waals surface area contributed by atoms with Crippen molar-refractivity contribution in [3.63, 3.8) is 0 Å². The van der Waals surface area contributed by atoms with Gasteiger partial charge in [-0.2, -0.15) is 0 Å². The summed E-state index contributed by atoms with van der Waals surface area (Å²) in [5, 5.41) is 0.